The van der Waals surface area contributed by atoms with Gasteiger partial charge in [0.25, 0.3) is 0 Å². The lowest BCUT2D eigenvalue weighted by Gasteiger charge is -2.24. The Balaban J connectivity index is 1.52. The summed E-state index contributed by atoms with van der Waals surface area (Å²) in [5, 5.41) is 5.64. The van der Waals surface area contributed by atoms with E-state index in [0.29, 0.717) is 25.2 Å². The summed E-state index contributed by atoms with van der Waals surface area (Å²) < 4.78 is 13.0. The van der Waals surface area contributed by atoms with E-state index in [9.17, 15) is 14.0 Å². The number of likely N-dealkylation sites (tertiary alicyclic amines) is 1. The summed E-state index contributed by atoms with van der Waals surface area (Å²) in [6, 6.07) is 14.7. The van der Waals surface area contributed by atoms with Crippen LogP contribution in [0.2, 0.25) is 0 Å². The zero-order chi connectivity index (χ0) is 18.4. The molecule has 136 valence electrons. The first-order valence-electron chi connectivity index (χ1n) is 8.78. The second-order valence-electron chi connectivity index (χ2n) is 6.32. The molecule has 6 heteroatoms. The normalized spacial score (nSPS) is 16.3. The Hall–Kier alpha value is -2.89. The van der Waals surface area contributed by atoms with Gasteiger partial charge in [0.2, 0.25) is 5.91 Å². The molecule has 2 aromatic carbocycles. The predicted octanol–water partition coefficient (Wildman–Crippen LogP) is 3.18. The molecule has 0 bridgehead atoms. The second-order valence-corrected chi connectivity index (χ2v) is 6.32. The molecule has 1 atom stereocenters. The molecule has 2 N–H and O–H groups in total. The average molecular weight is 355 g/mol. The fourth-order valence-corrected chi connectivity index (χ4v) is 3.10. The van der Waals surface area contributed by atoms with Crippen LogP contribution in [0.5, 0.6) is 0 Å². The van der Waals surface area contributed by atoms with Gasteiger partial charge in [0.05, 0.1) is 0 Å². The summed E-state index contributed by atoms with van der Waals surface area (Å²) in [6.07, 6.45) is 2.18. The maximum absolute atomic E-state index is 13.0. The third-order valence-electron chi connectivity index (χ3n) is 4.47. The van der Waals surface area contributed by atoms with E-state index in [-0.39, 0.29) is 17.8 Å². The van der Waals surface area contributed by atoms with Crippen LogP contribution in [-0.4, -0.2) is 36.0 Å². The van der Waals surface area contributed by atoms with Gasteiger partial charge in [-0.25, -0.2) is 9.18 Å². The largest absolute Gasteiger partial charge is 0.354 e. The van der Waals surface area contributed by atoms with Crippen molar-refractivity contribution in [3.8, 4) is 0 Å². The Morgan fingerprint density at radius 3 is 2.54 bits per heavy atom. The molecule has 2 aromatic rings. The van der Waals surface area contributed by atoms with Crippen LogP contribution in [0, 0.1) is 5.82 Å². The summed E-state index contributed by atoms with van der Waals surface area (Å²) >= 11 is 0. The molecule has 26 heavy (non-hydrogen) atoms. The molecule has 5 nitrogen and oxygen atoms in total. The van der Waals surface area contributed by atoms with Crippen LogP contribution in [0.1, 0.15) is 18.4 Å². The van der Waals surface area contributed by atoms with Crippen molar-refractivity contribution in [1.29, 1.82) is 0 Å². The van der Waals surface area contributed by atoms with Crippen LogP contribution in [0.15, 0.2) is 54.6 Å². The van der Waals surface area contributed by atoms with Crippen molar-refractivity contribution in [2.24, 2.45) is 0 Å². The molecule has 1 aliphatic rings. The maximum atomic E-state index is 13.0. The van der Waals surface area contributed by atoms with E-state index in [0.717, 1.165) is 18.4 Å². The zero-order valence-corrected chi connectivity index (χ0v) is 14.5. The lowest BCUT2D eigenvalue weighted by molar-refractivity contribution is -0.124. The van der Waals surface area contributed by atoms with Gasteiger partial charge < -0.3 is 15.5 Å². The second kappa shape index (κ2) is 8.47. The van der Waals surface area contributed by atoms with Crippen LogP contribution in [0.4, 0.5) is 14.9 Å². The fourth-order valence-electron chi connectivity index (χ4n) is 3.10. The smallest absolute Gasteiger partial charge is 0.322 e. The predicted molar refractivity (Wildman–Crippen MR) is 98.3 cm³/mol. The number of carbonyl (C=O) groups is 2. The highest BCUT2D eigenvalue weighted by molar-refractivity contribution is 5.94. The Kier molecular flexibility index (Phi) is 5.84. The molecule has 1 saturated heterocycles. The van der Waals surface area contributed by atoms with Gasteiger partial charge in [-0.1, -0.05) is 30.3 Å². The van der Waals surface area contributed by atoms with Gasteiger partial charge in [0.15, 0.2) is 0 Å². The first-order chi connectivity index (χ1) is 12.6. The van der Waals surface area contributed by atoms with Crippen molar-refractivity contribution in [2.45, 2.75) is 25.3 Å². The molecule has 3 amide bonds. The number of urea groups is 1. The Bertz CT molecular complexity index is 749. The highest BCUT2D eigenvalue weighted by Gasteiger charge is 2.33. The standard InChI is InChI=1S/C20H22FN3O2/c21-16-8-10-17(11-9-16)23-20(26)24-14-4-7-18(24)19(25)22-13-12-15-5-2-1-3-6-15/h1-3,5-6,8-11,18H,4,7,12-14H2,(H,22,25)(H,23,26)/t18-/m1/s1. The first-order valence-corrected chi connectivity index (χ1v) is 8.78. The summed E-state index contributed by atoms with van der Waals surface area (Å²) in [5.74, 6) is -0.493. The molecular formula is C20H22FN3O2. The van der Waals surface area contributed by atoms with Crippen molar-refractivity contribution in [1.82, 2.24) is 10.2 Å². The highest BCUT2D eigenvalue weighted by atomic mass is 19.1. The summed E-state index contributed by atoms with van der Waals surface area (Å²) in [6.45, 7) is 1.07. The number of carbonyl (C=O) groups excluding carboxylic acids is 2. The maximum Gasteiger partial charge on any atom is 0.322 e. The van der Waals surface area contributed by atoms with E-state index in [4.69, 9.17) is 0 Å². The number of nitrogens with one attached hydrogen (secondary N) is 2. The number of hydrogen-bond donors (Lipinski definition) is 2. The lowest BCUT2D eigenvalue weighted by Crippen LogP contribution is -2.47. The van der Waals surface area contributed by atoms with E-state index >= 15 is 0 Å². The van der Waals surface area contributed by atoms with Crippen molar-refractivity contribution >= 4 is 17.6 Å². The van der Waals surface area contributed by atoms with E-state index < -0.39 is 6.04 Å². The first kappa shape index (κ1) is 17.9. The molecule has 0 aromatic heterocycles. The molecule has 0 spiro atoms. The number of halogens is 1. The van der Waals surface area contributed by atoms with Crippen LogP contribution >= 0.6 is 0 Å². The Morgan fingerprint density at radius 1 is 1.08 bits per heavy atom. The van der Waals surface area contributed by atoms with E-state index in [1.54, 1.807) is 4.90 Å². The van der Waals surface area contributed by atoms with Gasteiger partial charge in [-0.15, -0.1) is 0 Å². The minimum atomic E-state index is -0.466. The van der Waals surface area contributed by atoms with E-state index in [2.05, 4.69) is 10.6 Å². The fraction of sp³-hybridized carbons (Fsp3) is 0.300. The van der Waals surface area contributed by atoms with Crippen LogP contribution in [0.25, 0.3) is 0 Å². The minimum Gasteiger partial charge on any atom is -0.354 e. The van der Waals surface area contributed by atoms with Crippen molar-refractivity contribution in [3.05, 3.63) is 66.0 Å². The van der Waals surface area contributed by atoms with Crippen LogP contribution in [0.3, 0.4) is 0 Å². The van der Waals surface area contributed by atoms with Gasteiger partial charge in [-0.2, -0.15) is 0 Å². The van der Waals surface area contributed by atoms with Gasteiger partial charge >= 0.3 is 6.03 Å². The van der Waals surface area contributed by atoms with Crippen molar-refractivity contribution in [3.63, 3.8) is 0 Å². The summed E-state index contributed by atoms with van der Waals surface area (Å²) in [4.78, 5) is 26.5. The number of rotatable bonds is 5. The summed E-state index contributed by atoms with van der Waals surface area (Å²) in [7, 11) is 0. The number of anilines is 1. The number of benzene rings is 2. The molecule has 0 radical (unpaired) electrons. The topological polar surface area (TPSA) is 61.4 Å². The number of nitrogens with zero attached hydrogens (tertiary/aromatic N) is 1. The van der Waals surface area contributed by atoms with Crippen molar-refractivity contribution < 1.29 is 14.0 Å². The molecule has 1 heterocycles. The number of amides is 3. The molecule has 0 aliphatic carbocycles. The van der Waals surface area contributed by atoms with Gasteiger partial charge in [-0.05, 0) is 49.1 Å². The molecule has 1 aliphatic heterocycles. The molecule has 0 saturated carbocycles. The minimum absolute atomic E-state index is 0.132. The highest BCUT2D eigenvalue weighted by Crippen LogP contribution is 2.19. The van der Waals surface area contributed by atoms with E-state index in [1.807, 2.05) is 30.3 Å². The zero-order valence-electron chi connectivity index (χ0n) is 14.5. The SMILES string of the molecule is O=C(NCCc1ccccc1)[C@H]1CCCN1C(=O)Nc1ccc(F)cc1. The average Bonchev–Trinajstić information content (AvgIpc) is 3.14. The van der Waals surface area contributed by atoms with Crippen molar-refractivity contribution in [2.75, 3.05) is 18.4 Å². The van der Waals surface area contributed by atoms with Crippen LogP contribution < -0.4 is 10.6 Å². The molecular weight excluding hydrogens is 333 g/mol. The van der Waals surface area contributed by atoms with Gasteiger partial charge in [0.1, 0.15) is 11.9 Å². The third kappa shape index (κ3) is 4.59. The van der Waals surface area contributed by atoms with Crippen LogP contribution in [-0.2, 0) is 11.2 Å². The monoisotopic (exact) mass is 355 g/mol. The molecule has 0 unspecified atom stereocenters. The quantitative estimate of drug-likeness (QED) is 0.865. The third-order valence-corrected chi connectivity index (χ3v) is 4.47. The molecule has 3 rings (SSSR count). The summed E-state index contributed by atoms with van der Waals surface area (Å²) in [5.41, 5.74) is 1.66. The number of hydrogen-bond acceptors (Lipinski definition) is 2. The Labute approximate surface area is 152 Å². The van der Waals surface area contributed by atoms with Gasteiger partial charge in [-0.3, -0.25) is 4.79 Å². The Morgan fingerprint density at radius 2 is 1.81 bits per heavy atom. The van der Waals surface area contributed by atoms with E-state index in [1.165, 1.54) is 24.3 Å². The molecule has 1 fully saturated rings. The lowest BCUT2D eigenvalue weighted by atomic mass is 10.1. The van der Waals surface area contributed by atoms with Gasteiger partial charge in [0, 0.05) is 18.8 Å².